The van der Waals surface area contributed by atoms with E-state index in [2.05, 4.69) is 41.8 Å². The Kier molecular flexibility index (Phi) is 6.70. The zero-order chi connectivity index (χ0) is 19.9. The van der Waals surface area contributed by atoms with Crippen molar-refractivity contribution < 1.29 is 9.47 Å². The SMILES string of the molecule is CCNC(=NCc1cc(Br)c(OC)c(OC)c1)NCc1nnc2ccccn12. The molecule has 2 N–H and O–H groups in total. The van der Waals surface area contributed by atoms with Crippen LogP contribution in [0.15, 0.2) is 46.0 Å². The summed E-state index contributed by atoms with van der Waals surface area (Å²) in [5.41, 5.74) is 1.81. The minimum atomic E-state index is 0.481. The Hall–Kier alpha value is -2.81. The molecular formula is C19H23BrN6O2. The predicted molar refractivity (Wildman–Crippen MR) is 112 cm³/mol. The molecule has 8 nitrogen and oxygen atoms in total. The monoisotopic (exact) mass is 446 g/mol. The number of hydrogen-bond donors (Lipinski definition) is 2. The first-order chi connectivity index (χ1) is 13.7. The number of ether oxygens (including phenoxy) is 2. The Bertz CT molecular complexity index is 972. The molecule has 28 heavy (non-hydrogen) atoms. The van der Waals surface area contributed by atoms with Gasteiger partial charge in [-0.1, -0.05) is 6.07 Å². The summed E-state index contributed by atoms with van der Waals surface area (Å²) in [6, 6.07) is 9.70. The minimum Gasteiger partial charge on any atom is -0.493 e. The van der Waals surface area contributed by atoms with E-state index in [-0.39, 0.29) is 0 Å². The molecule has 0 saturated heterocycles. The van der Waals surface area contributed by atoms with E-state index in [1.54, 1.807) is 14.2 Å². The van der Waals surface area contributed by atoms with Gasteiger partial charge in [0, 0.05) is 12.7 Å². The number of methoxy groups -OCH3 is 2. The van der Waals surface area contributed by atoms with Gasteiger partial charge in [0.15, 0.2) is 28.9 Å². The lowest BCUT2D eigenvalue weighted by atomic mass is 10.2. The number of halogens is 1. The van der Waals surface area contributed by atoms with Gasteiger partial charge in [0.1, 0.15) is 0 Å². The van der Waals surface area contributed by atoms with Crippen LogP contribution in [0.3, 0.4) is 0 Å². The van der Waals surface area contributed by atoms with Crippen molar-refractivity contribution in [3.63, 3.8) is 0 Å². The highest BCUT2D eigenvalue weighted by atomic mass is 79.9. The molecule has 0 fully saturated rings. The minimum absolute atomic E-state index is 0.481. The van der Waals surface area contributed by atoms with Crippen molar-refractivity contribution in [3.8, 4) is 11.5 Å². The first kappa shape index (κ1) is 19.9. The normalized spacial score (nSPS) is 11.5. The second kappa shape index (κ2) is 9.41. The van der Waals surface area contributed by atoms with Crippen LogP contribution in [0.2, 0.25) is 0 Å². The van der Waals surface area contributed by atoms with Gasteiger partial charge in [0.2, 0.25) is 0 Å². The molecule has 0 aliphatic rings. The number of guanidine groups is 1. The van der Waals surface area contributed by atoms with Crippen LogP contribution in [0, 0.1) is 0 Å². The van der Waals surface area contributed by atoms with Crippen LogP contribution in [-0.4, -0.2) is 41.3 Å². The number of fused-ring (bicyclic) bond motifs is 1. The maximum Gasteiger partial charge on any atom is 0.191 e. The van der Waals surface area contributed by atoms with Gasteiger partial charge in [-0.3, -0.25) is 4.40 Å². The van der Waals surface area contributed by atoms with Crippen molar-refractivity contribution in [1.29, 1.82) is 0 Å². The molecule has 1 aromatic carbocycles. The van der Waals surface area contributed by atoms with Gasteiger partial charge in [0.05, 0.1) is 31.8 Å². The molecule has 0 bridgehead atoms. The number of pyridine rings is 1. The maximum absolute atomic E-state index is 5.40. The highest BCUT2D eigenvalue weighted by molar-refractivity contribution is 9.10. The second-order valence-electron chi connectivity index (χ2n) is 5.91. The van der Waals surface area contributed by atoms with Crippen molar-refractivity contribution in [2.24, 2.45) is 4.99 Å². The molecule has 2 aromatic heterocycles. The van der Waals surface area contributed by atoms with Crippen molar-refractivity contribution >= 4 is 27.5 Å². The van der Waals surface area contributed by atoms with E-state index < -0.39 is 0 Å². The van der Waals surface area contributed by atoms with Crippen molar-refractivity contribution in [2.45, 2.75) is 20.0 Å². The summed E-state index contributed by atoms with van der Waals surface area (Å²) in [5, 5.41) is 14.9. The summed E-state index contributed by atoms with van der Waals surface area (Å²) >= 11 is 3.51. The van der Waals surface area contributed by atoms with Crippen LogP contribution in [0.25, 0.3) is 5.65 Å². The smallest absolute Gasteiger partial charge is 0.191 e. The van der Waals surface area contributed by atoms with E-state index in [4.69, 9.17) is 9.47 Å². The van der Waals surface area contributed by atoms with Crippen LogP contribution >= 0.6 is 15.9 Å². The summed E-state index contributed by atoms with van der Waals surface area (Å²) in [5.74, 6) is 2.84. The first-order valence-electron chi connectivity index (χ1n) is 8.87. The van der Waals surface area contributed by atoms with E-state index in [1.807, 2.05) is 47.9 Å². The second-order valence-corrected chi connectivity index (χ2v) is 6.76. The van der Waals surface area contributed by atoms with E-state index in [0.29, 0.717) is 30.5 Å². The van der Waals surface area contributed by atoms with Crippen LogP contribution in [-0.2, 0) is 13.1 Å². The Morgan fingerprint density at radius 3 is 2.79 bits per heavy atom. The molecule has 0 unspecified atom stereocenters. The van der Waals surface area contributed by atoms with E-state index >= 15 is 0 Å². The molecular weight excluding hydrogens is 424 g/mol. The zero-order valence-electron chi connectivity index (χ0n) is 16.1. The van der Waals surface area contributed by atoms with Crippen molar-refractivity contribution in [1.82, 2.24) is 25.2 Å². The van der Waals surface area contributed by atoms with Gasteiger partial charge in [0.25, 0.3) is 0 Å². The van der Waals surface area contributed by atoms with Crippen LogP contribution < -0.4 is 20.1 Å². The molecule has 3 aromatic rings. The molecule has 0 atom stereocenters. The third kappa shape index (κ3) is 4.53. The van der Waals surface area contributed by atoms with Gasteiger partial charge in [-0.05, 0) is 52.7 Å². The number of hydrogen-bond acceptors (Lipinski definition) is 5. The van der Waals surface area contributed by atoms with Crippen LogP contribution in [0.1, 0.15) is 18.3 Å². The number of nitrogens with one attached hydrogen (secondary N) is 2. The number of benzene rings is 1. The molecule has 0 radical (unpaired) electrons. The Balaban J connectivity index is 1.73. The predicted octanol–water partition coefficient (Wildman–Crippen LogP) is 2.76. The third-order valence-electron chi connectivity index (χ3n) is 4.06. The summed E-state index contributed by atoms with van der Waals surface area (Å²) in [6.07, 6.45) is 1.94. The lowest BCUT2D eigenvalue weighted by Gasteiger charge is -2.13. The summed E-state index contributed by atoms with van der Waals surface area (Å²) in [4.78, 5) is 4.66. The van der Waals surface area contributed by atoms with Crippen LogP contribution in [0.4, 0.5) is 0 Å². The number of nitrogens with zero attached hydrogens (tertiary/aromatic N) is 4. The first-order valence-corrected chi connectivity index (χ1v) is 9.66. The average molecular weight is 447 g/mol. The van der Waals surface area contributed by atoms with Crippen molar-refractivity contribution in [3.05, 3.63) is 52.4 Å². The number of aromatic nitrogens is 3. The molecule has 2 heterocycles. The molecule has 0 aliphatic carbocycles. The largest absolute Gasteiger partial charge is 0.493 e. The van der Waals surface area contributed by atoms with Gasteiger partial charge in [-0.2, -0.15) is 0 Å². The van der Waals surface area contributed by atoms with Gasteiger partial charge < -0.3 is 20.1 Å². The summed E-state index contributed by atoms with van der Waals surface area (Å²) in [6.45, 7) is 3.76. The Labute approximate surface area is 172 Å². The highest BCUT2D eigenvalue weighted by Crippen LogP contribution is 2.36. The highest BCUT2D eigenvalue weighted by Gasteiger charge is 2.11. The van der Waals surface area contributed by atoms with E-state index in [1.165, 1.54) is 0 Å². The standard InChI is InChI=1S/C19H23BrN6O2/c1-4-21-19(23-12-17-25-24-16-7-5-6-8-26(16)17)22-11-13-9-14(20)18(28-3)15(10-13)27-2/h5-10H,4,11-12H2,1-3H3,(H2,21,22,23). The quantitative estimate of drug-likeness (QED) is 0.428. The molecule has 0 aliphatic heterocycles. The van der Waals surface area contributed by atoms with Gasteiger partial charge in [-0.25, -0.2) is 4.99 Å². The Morgan fingerprint density at radius 2 is 2.04 bits per heavy atom. The fraction of sp³-hybridized carbons (Fsp3) is 0.316. The molecule has 148 valence electrons. The van der Waals surface area contributed by atoms with E-state index in [9.17, 15) is 0 Å². The topological polar surface area (TPSA) is 85.1 Å². The molecule has 0 amide bonds. The third-order valence-corrected chi connectivity index (χ3v) is 4.64. The zero-order valence-corrected chi connectivity index (χ0v) is 17.7. The van der Waals surface area contributed by atoms with E-state index in [0.717, 1.165) is 28.1 Å². The number of aliphatic imine (C=N–C) groups is 1. The maximum atomic E-state index is 5.40. The fourth-order valence-electron chi connectivity index (χ4n) is 2.75. The molecule has 9 heteroatoms. The molecule has 0 saturated carbocycles. The van der Waals surface area contributed by atoms with Gasteiger partial charge >= 0.3 is 0 Å². The van der Waals surface area contributed by atoms with Gasteiger partial charge in [-0.15, -0.1) is 10.2 Å². The lowest BCUT2D eigenvalue weighted by molar-refractivity contribution is 0.352. The Morgan fingerprint density at radius 1 is 1.18 bits per heavy atom. The molecule has 3 rings (SSSR count). The van der Waals surface area contributed by atoms with Crippen LogP contribution in [0.5, 0.6) is 11.5 Å². The number of rotatable bonds is 7. The molecule has 0 spiro atoms. The van der Waals surface area contributed by atoms with Crippen molar-refractivity contribution in [2.75, 3.05) is 20.8 Å². The lowest BCUT2D eigenvalue weighted by Crippen LogP contribution is -2.37. The average Bonchev–Trinajstić information content (AvgIpc) is 3.12. The fourth-order valence-corrected chi connectivity index (χ4v) is 3.40. The summed E-state index contributed by atoms with van der Waals surface area (Å²) in [7, 11) is 3.23. The summed E-state index contributed by atoms with van der Waals surface area (Å²) < 4.78 is 13.5.